The average molecular weight is 335 g/mol. The Labute approximate surface area is 128 Å². The normalized spacial score (nSPS) is 10.3. The van der Waals surface area contributed by atoms with Crippen molar-refractivity contribution in [1.82, 2.24) is 0 Å². The standard InChI is InChI=1S/C16H19BrN2O/c1-11-4-3-5-14(18)16(11)19-9-8-12-6-7-15(20-2)13(17)10-12/h3-7,10,19H,8-9,18H2,1-2H3. The molecule has 0 heterocycles. The van der Waals surface area contributed by atoms with E-state index in [0.29, 0.717) is 0 Å². The molecule has 106 valence electrons. The summed E-state index contributed by atoms with van der Waals surface area (Å²) in [6, 6.07) is 12.1. The van der Waals surface area contributed by atoms with E-state index in [1.807, 2.05) is 18.2 Å². The Bertz CT molecular complexity index is 579. The van der Waals surface area contributed by atoms with E-state index >= 15 is 0 Å². The Morgan fingerprint density at radius 2 is 2.05 bits per heavy atom. The van der Waals surface area contributed by atoms with Crippen LogP contribution in [0, 0.1) is 6.92 Å². The third kappa shape index (κ3) is 3.45. The van der Waals surface area contributed by atoms with Crippen LogP contribution in [0.2, 0.25) is 0 Å². The summed E-state index contributed by atoms with van der Waals surface area (Å²) in [5, 5.41) is 3.41. The molecule has 2 aromatic carbocycles. The second-order valence-corrected chi connectivity index (χ2v) is 5.54. The lowest BCUT2D eigenvalue weighted by molar-refractivity contribution is 0.412. The van der Waals surface area contributed by atoms with Gasteiger partial charge in [-0.3, -0.25) is 0 Å². The molecule has 0 aliphatic rings. The first-order valence-corrected chi connectivity index (χ1v) is 7.32. The van der Waals surface area contributed by atoms with Gasteiger partial charge in [-0.1, -0.05) is 18.2 Å². The van der Waals surface area contributed by atoms with Crippen LogP contribution in [0.15, 0.2) is 40.9 Å². The number of para-hydroxylation sites is 1. The lowest BCUT2D eigenvalue weighted by Gasteiger charge is -2.12. The second kappa shape index (κ2) is 6.66. The van der Waals surface area contributed by atoms with Gasteiger partial charge >= 0.3 is 0 Å². The molecule has 0 saturated heterocycles. The molecule has 0 aliphatic heterocycles. The van der Waals surface area contributed by atoms with Crippen LogP contribution in [0.25, 0.3) is 0 Å². The zero-order valence-electron chi connectivity index (χ0n) is 11.7. The Kier molecular flexibility index (Phi) is 4.90. The zero-order chi connectivity index (χ0) is 14.5. The molecule has 0 spiro atoms. The van der Waals surface area contributed by atoms with E-state index < -0.39 is 0 Å². The first kappa shape index (κ1) is 14.7. The monoisotopic (exact) mass is 334 g/mol. The molecule has 20 heavy (non-hydrogen) atoms. The lowest BCUT2D eigenvalue weighted by atomic mass is 10.1. The number of nitrogens with one attached hydrogen (secondary N) is 1. The zero-order valence-corrected chi connectivity index (χ0v) is 13.3. The van der Waals surface area contributed by atoms with Crippen LogP contribution in [0.3, 0.4) is 0 Å². The van der Waals surface area contributed by atoms with Gasteiger partial charge in [0.05, 0.1) is 23.0 Å². The minimum Gasteiger partial charge on any atom is -0.496 e. The summed E-state index contributed by atoms with van der Waals surface area (Å²) in [6.07, 6.45) is 0.927. The quantitative estimate of drug-likeness (QED) is 0.812. The van der Waals surface area contributed by atoms with Gasteiger partial charge in [-0.15, -0.1) is 0 Å². The third-order valence-electron chi connectivity index (χ3n) is 3.24. The number of methoxy groups -OCH3 is 1. The van der Waals surface area contributed by atoms with Gasteiger partial charge in [0.15, 0.2) is 0 Å². The summed E-state index contributed by atoms with van der Waals surface area (Å²) in [6.45, 7) is 2.90. The molecule has 2 rings (SSSR count). The smallest absolute Gasteiger partial charge is 0.133 e. The van der Waals surface area contributed by atoms with Gasteiger partial charge < -0.3 is 15.8 Å². The molecule has 0 atom stereocenters. The summed E-state index contributed by atoms with van der Waals surface area (Å²) in [5.74, 6) is 0.852. The fraction of sp³-hybridized carbons (Fsp3) is 0.250. The molecule has 2 aromatic rings. The first-order chi connectivity index (χ1) is 9.61. The second-order valence-electron chi connectivity index (χ2n) is 4.68. The van der Waals surface area contributed by atoms with Crippen LogP contribution in [0.4, 0.5) is 11.4 Å². The lowest BCUT2D eigenvalue weighted by Crippen LogP contribution is -2.08. The largest absolute Gasteiger partial charge is 0.496 e. The Morgan fingerprint density at radius 3 is 2.70 bits per heavy atom. The molecule has 0 saturated carbocycles. The first-order valence-electron chi connectivity index (χ1n) is 6.53. The summed E-state index contributed by atoms with van der Waals surface area (Å²) >= 11 is 3.50. The fourth-order valence-electron chi connectivity index (χ4n) is 2.13. The molecule has 0 amide bonds. The summed E-state index contributed by atoms with van der Waals surface area (Å²) in [7, 11) is 1.67. The number of nitrogen functional groups attached to an aromatic ring is 1. The maximum atomic E-state index is 5.98. The molecule has 0 fully saturated rings. The van der Waals surface area contributed by atoms with Crippen molar-refractivity contribution >= 4 is 27.3 Å². The van der Waals surface area contributed by atoms with E-state index in [-0.39, 0.29) is 0 Å². The van der Waals surface area contributed by atoms with E-state index in [0.717, 1.165) is 34.6 Å². The van der Waals surface area contributed by atoms with E-state index in [2.05, 4.69) is 46.4 Å². The fourth-order valence-corrected chi connectivity index (χ4v) is 2.72. The van der Waals surface area contributed by atoms with Gasteiger partial charge in [0.25, 0.3) is 0 Å². The summed E-state index contributed by atoms with van der Waals surface area (Å²) < 4.78 is 6.21. The van der Waals surface area contributed by atoms with Crippen molar-refractivity contribution < 1.29 is 4.74 Å². The highest BCUT2D eigenvalue weighted by atomic mass is 79.9. The highest BCUT2D eigenvalue weighted by molar-refractivity contribution is 9.10. The number of benzene rings is 2. The van der Waals surface area contributed by atoms with E-state index in [1.54, 1.807) is 7.11 Å². The highest BCUT2D eigenvalue weighted by Gasteiger charge is 2.04. The Morgan fingerprint density at radius 1 is 1.25 bits per heavy atom. The number of aryl methyl sites for hydroxylation is 1. The van der Waals surface area contributed by atoms with Gasteiger partial charge in [0.1, 0.15) is 5.75 Å². The molecule has 3 N–H and O–H groups in total. The Balaban J connectivity index is 1.98. The highest BCUT2D eigenvalue weighted by Crippen LogP contribution is 2.26. The number of hydrogen-bond donors (Lipinski definition) is 2. The topological polar surface area (TPSA) is 47.3 Å². The molecule has 3 nitrogen and oxygen atoms in total. The van der Waals surface area contributed by atoms with Crippen LogP contribution >= 0.6 is 15.9 Å². The van der Waals surface area contributed by atoms with Crippen LogP contribution in [-0.2, 0) is 6.42 Å². The van der Waals surface area contributed by atoms with Crippen LogP contribution in [0.1, 0.15) is 11.1 Å². The van der Waals surface area contributed by atoms with E-state index in [9.17, 15) is 0 Å². The minimum atomic E-state index is 0.793. The molecular formula is C16H19BrN2O. The van der Waals surface area contributed by atoms with Crippen molar-refractivity contribution in [1.29, 1.82) is 0 Å². The molecular weight excluding hydrogens is 316 g/mol. The predicted octanol–water partition coefficient (Wildman–Crippen LogP) is 4.00. The number of halogens is 1. The van der Waals surface area contributed by atoms with Crippen molar-refractivity contribution in [3.8, 4) is 5.75 Å². The molecule has 0 aromatic heterocycles. The molecule has 4 heteroatoms. The maximum Gasteiger partial charge on any atom is 0.133 e. The average Bonchev–Trinajstić information content (AvgIpc) is 2.42. The van der Waals surface area contributed by atoms with Crippen LogP contribution < -0.4 is 15.8 Å². The number of anilines is 2. The van der Waals surface area contributed by atoms with Gasteiger partial charge in [0, 0.05) is 6.54 Å². The van der Waals surface area contributed by atoms with Gasteiger partial charge in [-0.05, 0) is 58.6 Å². The molecule has 0 bridgehead atoms. The SMILES string of the molecule is COc1ccc(CCNc2c(C)cccc2N)cc1Br. The van der Waals surface area contributed by atoms with Gasteiger partial charge in [-0.25, -0.2) is 0 Å². The Hall–Kier alpha value is -1.68. The summed E-state index contributed by atoms with van der Waals surface area (Å²) in [4.78, 5) is 0. The third-order valence-corrected chi connectivity index (χ3v) is 3.86. The summed E-state index contributed by atoms with van der Waals surface area (Å²) in [5.41, 5.74) is 10.2. The van der Waals surface area contributed by atoms with Crippen molar-refractivity contribution in [2.24, 2.45) is 0 Å². The molecule has 0 unspecified atom stereocenters. The van der Waals surface area contributed by atoms with Crippen molar-refractivity contribution in [3.63, 3.8) is 0 Å². The predicted molar refractivity (Wildman–Crippen MR) is 88.5 cm³/mol. The molecule has 0 radical (unpaired) electrons. The molecule has 0 aliphatic carbocycles. The van der Waals surface area contributed by atoms with Crippen molar-refractivity contribution in [2.45, 2.75) is 13.3 Å². The number of rotatable bonds is 5. The van der Waals surface area contributed by atoms with E-state index in [1.165, 1.54) is 11.1 Å². The van der Waals surface area contributed by atoms with E-state index in [4.69, 9.17) is 10.5 Å². The van der Waals surface area contributed by atoms with Crippen molar-refractivity contribution in [2.75, 3.05) is 24.7 Å². The number of hydrogen-bond acceptors (Lipinski definition) is 3. The minimum absolute atomic E-state index is 0.793. The maximum absolute atomic E-state index is 5.98. The van der Waals surface area contributed by atoms with Crippen LogP contribution in [0.5, 0.6) is 5.75 Å². The van der Waals surface area contributed by atoms with Crippen LogP contribution in [-0.4, -0.2) is 13.7 Å². The van der Waals surface area contributed by atoms with Gasteiger partial charge in [-0.2, -0.15) is 0 Å². The number of nitrogens with two attached hydrogens (primary N) is 1. The van der Waals surface area contributed by atoms with Crippen molar-refractivity contribution in [3.05, 3.63) is 52.0 Å². The number of ether oxygens (including phenoxy) is 1. The van der Waals surface area contributed by atoms with Gasteiger partial charge in [0.2, 0.25) is 0 Å².